The first-order valence-electron chi connectivity index (χ1n) is 27.1. The highest BCUT2D eigenvalue weighted by molar-refractivity contribution is 5.99. The fraction of sp³-hybridized carbons (Fsp3) is 0.571. The molecule has 5 N–H and O–H groups in total. The second-order valence-corrected chi connectivity index (χ2v) is 21.4. The molecule has 2 aromatic carbocycles. The molecule has 3 amide bonds. The molecule has 23 heteroatoms. The normalized spacial score (nSPS) is 18.8. The number of carbonyl (C=O) groups excluding carboxylic acids is 3. The van der Waals surface area contributed by atoms with Gasteiger partial charge in [0, 0.05) is 85.1 Å². The monoisotopic (exact) mass is 1100 g/mol. The molecule has 1 saturated carbocycles. The van der Waals surface area contributed by atoms with E-state index in [1.54, 1.807) is 79.7 Å². The second-order valence-electron chi connectivity index (χ2n) is 21.4. The molecule has 3 aromatic rings. The average Bonchev–Trinajstić information content (AvgIpc) is 4.17. The molecule has 2 aliphatic carbocycles. The van der Waals surface area contributed by atoms with E-state index in [-0.39, 0.29) is 82.2 Å². The van der Waals surface area contributed by atoms with E-state index >= 15 is 0 Å². The van der Waals surface area contributed by atoms with E-state index in [4.69, 9.17) is 14.6 Å². The van der Waals surface area contributed by atoms with Gasteiger partial charge in [0.25, 0.3) is 11.8 Å². The zero-order chi connectivity index (χ0) is 57.6. The maximum atomic E-state index is 14.2. The Hall–Kier alpha value is -6.92. The number of methoxy groups -OCH3 is 2. The van der Waals surface area contributed by atoms with E-state index in [9.17, 15) is 54.0 Å². The number of carboxylic acids is 4. The van der Waals surface area contributed by atoms with Gasteiger partial charge in [0.1, 0.15) is 11.5 Å². The molecule has 23 nitrogen and oxygen atoms in total. The third kappa shape index (κ3) is 16.3. The van der Waals surface area contributed by atoms with Gasteiger partial charge >= 0.3 is 23.9 Å². The summed E-state index contributed by atoms with van der Waals surface area (Å²) < 4.78 is 13.2. The van der Waals surface area contributed by atoms with Crippen LogP contribution in [-0.4, -0.2) is 252 Å². The Morgan fingerprint density at radius 1 is 0.709 bits per heavy atom. The Morgan fingerprint density at radius 2 is 1.23 bits per heavy atom. The zero-order valence-corrected chi connectivity index (χ0v) is 46.8. The van der Waals surface area contributed by atoms with Gasteiger partial charge in [-0.05, 0) is 118 Å². The molecule has 2 unspecified atom stereocenters. The van der Waals surface area contributed by atoms with Crippen molar-refractivity contribution in [3.63, 3.8) is 0 Å². The lowest BCUT2D eigenvalue weighted by Gasteiger charge is -2.36. The van der Waals surface area contributed by atoms with Crippen molar-refractivity contribution in [1.82, 2.24) is 49.4 Å². The van der Waals surface area contributed by atoms with Gasteiger partial charge in [0.2, 0.25) is 5.91 Å². The second kappa shape index (κ2) is 28.3. The number of hydrogen-bond donors (Lipinski definition) is 5. The minimum absolute atomic E-state index is 0.00114. The fourth-order valence-corrected chi connectivity index (χ4v) is 10.7. The quantitative estimate of drug-likeness (QED) is 0.0763. The summed E-state index contributed by atoms with van der Waals surface area (Å²) in [6.07, 6.45) is 5.67. The summed E-state index contributed by atoms with van der Waals surface area (Å²) in [5, 5.41) is 46.9. The summed E-state index contributed by atoms with van der Waals surface area (Å²) in [4.78, 5) is 102. The summed E-state index contributed by atoms with van der Waals surface area (Å²) in [5.41, 5.74) is 2.01. The number of fused-ring (bicyclic) bond motifs is 2. The van der Waals surface area contributed by atoms with Gasteiger partial charge in [-0.1, -0.05) is 26.0 Å². The molecule has 3 aliphatic rings. The predicted molar refractivity (Wildman–Crippen MR) is 294 cm³/mol. The summed E-state index contributed by atoms with van der Waals surface area (Å²) in [7, 11) is 8.55. The van der Waals surface area contributed by atoms with Crippen LogP contribution in [0, 0.1) is 5.92 Å². The van der Waals surface area contributed by atoms with Crippen molar-refractivity contribution in [1.29, 1.82) is 0 Å². The highest BCUT2D eigenvalue weighted by Gasteiger charge is 2.49. The van der Waals surface area contributed by atoms with Gasteiger partial charge in [-0.15, -0.1) is 0 Å². The van der Waals surface area contributed by atoms with Crippen LogP contribution in [0.1, 0.15) is 84.7 Å². The average molecular weight is 1100 g/mol. The van der Waals surface area contributed by atoms with Crippen molar-refractivity contribution in [2.24, 2.45) is 5.92 Å². The molecular formula is C56H80N10O13. The Kier molecular flexibility index (Phi) is 22.0. The number of nitrogens with one attached hydrogen (secondary N) is 1. The molecule has 2 atom stereocenters. The van der Waals surface area contributed by atoms with Crippen molar-refractivity contribution in [3.05, 3.63) is 70.9 Å². The molecule has 1 saturated heterocycles. The number of amides is 3. The SMILES string of the molecule is COc1cccc(OC)c1-c1cc(C(=O)NC2(C(=O)O)CCC3CC=C2C3)nn1-c1ccc(C(=O)N(C)CCCN(C)CCCN(C)C(=O)CN2CCN(CC(=O)O)CCN(CC(=O)O)CCN(CC(=O)O)CC2)cc1C(C)C. The smallest absolute Gasteiger partial charge is 0.333 e. The van der Waals surface area contributed by atoms with Gasteiger partial charge in [-0.2, -0.15) is 5.10 Å². The maximum Gasteiger partial charge on any atom is 0.333 e. The van der Waals surface area contributed by atoms with Crippen LogP contribution in [0.3, 0.4) is 0 Å². The Balaban J connectivity index is 1.07. The lowest BCUT2D eigenvalue weighted by molar-refractivity contribution is -0.144. The number of allylic oxidation sites excluding steroid dienone is 1. The van der Waals surface area contributed by atoms with Crippen LogP contribution in [-0.2, 0) is 24.0 Å². The van der Waals surface area contributed by atoms with Gasteiger partial charge in [0.15, 0.2) is 11.2 Å². The maximum absolute atomic E-state index is 14.2. The molecule has 2 heterocycles. The van der Waals surface area contributed by atoms with E-state index in [1.807, 2.05) is 37.9 Å². The number of ether oxygens (including phenoxy) is 2. The van der Waals surface area contributed by atoms with E-state index in [0.717, 1.165) is 12.0 Å². The van der Waals surface area contributed by atoms with Crippen LogP contribution in [0.5, 0.6) is 11.5 Å². The first kappa shape index (κ1) is 61.3. The van der Waals surface area contributed by atoms with Crippen molar-refractivity contribution in [3.8, 4) is 28.4 Å². The first-order valence-corrected chi connectivity index (χ1v) is 27.1. The molecule has 1 aliphatic heterocycles. The van der Waals surface area contributed by atoms with Crippen LogP contribution in [0.4, 0.5) is 0 Å². The Morgan fingerprint density at radius 3 is 1.72 bits per heavy atom. The first-order chi connectivity index (χ1) is 37.6. The number of carboxylic acid groups (broad SMARTS) is 4. The van der Waals surface area contributed by atoms with Gasteiger partial charge < -0.3 is 49.9 Å². The summed E-state index contributed by atoms with van der Waals surface area (Å²) in [5.74, 6) is -3.92. The van der Waals surface area contributed by atoms with Gasteiger partial charge in [-0.25, -0.2) is 9.48 Å². The number of nitrogens with zero attached hydrogens (tertiary/aromatic N) is 9. The highest BCUT2D eigenvalue weighted by Crippen LogP contribution is 2.45. The molecule has 0 spiro atoms. The van der Waals surface area contributed by atoms with Crippen LogP contribution in [0.25, 0.3) is 16.9 Å². The topological polar surface area (TPSA) is 271 Å². The van der Waals surface area contributed by atoms with E-state index in [2.05, 4.69) is 10.2 Å². The minimum Gasteiger partial charge on any atom is -0.496 e. The summed E-state index contributed by atoms with van der Waals surface area (Å²) in [6, 6.07) is 12.3. The number of likely N-dealkylation sites (N-methyl/N-ethyl adjacent to an activating group) is 1. The lowest BCUT2D eigenvalue weighted by Crippen LogP contribution is -2.57. The van der Waals surface area contributed by atoms with Crippen molar-refractivity contribution < 1.29 is 63.5 Å². The van der Waals surface area contributed by atoms with Crippen LogP contribution >= 0.6 is 0 Å². The largest absolute Gasteiger partial charge is 0.496 e. The number of aliphatic carboxylic acids is 4. The Bertz CT molecular complexity index is 2640. The van der Waals surface area contributed by atoms with E-state index in [1.165, 1.54) is 14.2 Å². The molecule has 2 bridgehead atoms. The van der Waals surface area contributed by atoms with Crippen molar-refractivity contribution in [2.45, 2.75) is 63.8 Å². The van der Waals surface area contributed by atoms with Crippen LogP contribution in [0.2, 0.25) is 0 Å². The lowest BCUT2D eigenvalue weighted by atomic mass is 9.76. The molecule has 2 fully saturated rings. The standard InChI is InChI=1S/C56H80N10O13/c1-38(2)42-32-40(14-16-44(42)66-45(52-46(78-6)11-8-12-47(52)79-7)33-43(58-66)53(74)57-56(55(76)77)18-17-39-13-15-41(56)31-39)54(75)61(5)22-10-20-59(3)19-9-21-60(4)48(67)34-62-23-25-63(35-49(68)69)27-29-65(37-51(72)73)30-28-64(26-24-62)36-50(70)71/h8,11-12,14-16,32-33,38-39H,9-10,13,17-31,34-37H2,1-7H3,(H,57,74)(H,68,69)(H,70,71)(H,72,73)(H,76,77). The Labute approximate surface area is 462 Å². The zero-order valence-electron chi connectivity index (χ0n) is 46.8. The summed E-state index contributed by atoms with van der Waals surface area (Å²) >= 11 is 0. The van der Waals surface area contributed by atoms with E-state index < -0.39 is 35.3 Å². The molecule has 0 radical (unpaired) electrons. The summed E-state index contributed by atoms with van der Waals surface area (Å²) in [6.45, 7) is 8.11. The number of aromatic nitrogens is 2. The van der Waals surface area contributed by atoms with Crippen molar-refractivity contribution >= 4 is 41.6 Å². The number of rotatable bonds is 25. The molecular weight excluding hydrogens is 1020 g/mol. The van der Waals surface area contributed by atoms with Crippen molar-refractivity contribution in [2.75, 3.05) is 140 Å². The van der Waals surface area contributed by atoms with E-state index in [0.29, 0.717) is 124 Å². The molecule has 79 heavy (non-hydrogen) atoms. The fourth-order valence-electron chi connectivity index (χ4n) is 10.7. The highest BCUT2D eigenvalue weighted by atomic mass is 16.5. The molecule has 6 rings (SSSR count). The minimum atomic E-state index is -1.53. The number of benzene rings is 2. The number of hydrogen-bond acceptors (Lipinski definition) is 15. The van der Waals surface area contributed by atoms with Crippen LogP contribution in [0.15, 0.2) is 54.1 Å². The molecule has 1 aromatic heterocycles. The van der Waals surface area contributed by atoms with Gasteiger partial charge in [0.05, 0.1) is 57.3 Å². The number of carbonyl (C=O) groups is 7. The predicted octanol–water partition coefficient (Wildman–Crippen LogP) is 3.08. The van der Waals surface area contributed by atoms with Crippen LogP contribution < -0.4 is 14.8 Å². The third-order valence-electron chi connectivity index (χ3n) is 15.3. The van der Waals surface area contributed by atoms with Gasteiger partial charge in [-0.3, -0.25) is 48.4 Å². The molecule has 432 valence electrons. The third-order valence-corrected chi connectivity index (χ3v) is 15.3.